The maximum absolute atomic E-state index is 12.6. The highest BCUT2D eigenvalue weighted by Gasteiger charge is 2.26. The number of hydrogen-bond acceptors (Lipinski definition) is 6. The maximum atomic E-state index is 12.6. The highest BCUT2D eigenvalue weighted by Crippen LogP contribution is 2.23. The molecule has 0 aromatic carbocycles. The van der Waals surface area contributed by atoms with E-state index >= 15 is 0 Å². The van der Waals surface area contributed by atoms with Gasteiger partial charge in [-0.3, -0.25) is 0 Å². The third-order valence-corrected chi connectivity index (χ3v) is 5.59. The first-order chi connectivity index (χ1) is 9.46. The van der Waals surface area contributed by atoms with E-state index in [1.54, 1.807) is 31.7 Å². The summed E-state index contributed by atoms with van der Waals surface area (Å²) in [6, 6.07) is 3.38. The molecule has 0 saturated heterocycles. The van der Waals surface area contributed by atoms with Crippen molar-refractivity contribution >= 4 is 27.0 Å². The van der Waals surface area contributed by atoms with Gasteiger partial charge in [-0.05, 0) is 19.1 Å². The molecule has 0 radical (unpaired) electrons. The van der Waals surface area contributed by atoms with Crippen molar-refractivity contribution in [3.05, 3.63) is 34.4 Å². The highest BCUT2D eigenvalue weighted by molar-refractivity contribution is 7.89. The van der Waals surface area contributed by atoms with Crippen molar-refractivity contribution in [3.63, 3.8) is 0 Å². The van der Waals surface area contributed by atoms with Crippen LogP contribution in [0.2, 0.25) is 0 Å². The summed E-state index contributed by atoms with van der Waals surface area (Å²) >= 11 is 1.45. The minimum absolute atomic E-state index is 0.0344. The van der Waals surface area contributed by atoms with Gasteiger partial charge in [0.1, 0.15) is 0 Å². The molecule has 2 rings (SSSR count). The smallest absolute Gasteiger partial charge is 0.262 e. The molecule has 0 atom stereocenters. The molecule has 2 aromatic rings. The van der Waals surface area contributed by atoms with E-state index in [-0.39, 0.29) is 5.03 Å². The molecule has 0 bridgehead atoms. The first-order valence-corrected chi connectivity index (χ1v) is 8.27. The third kappa shape index (κ3) is 2.82. The lowest BCUT2D eigenvalue weighted by Gasteiger charge is -2.17. The Kier molecular flexibility index (Phi) is 4.36. The van der Waals surface area contributed by atoms with Crippen LogP contribution >= 0.6 is 11.3 Å². The Labute approximate surface area is 122 Å². The quantitative estimate of drug-likeness (QED) is 0.909. The van der Waals surface area contributed by atoms with Crippen LogP contribution in [0.3, 0.4) is 0 Å². The average molecular weight is 312 g/mol. The van der Waals surface area contributed by atoms with Crippen molar-refractivity contribution in [2.45, 2.75) is 18.5 Å². The number of pyridine rings is 1. The van der Waals surface area contributed by atoms with Gasteiger partial charge in [0.25, 0.3) is 10.0 Å². The molecule has 20 heavy (non-hydrogen) atoms. The number of hydrogen-bond donors (Lipinski definition) is 1. The monoisotopic (exact) mass is 312 g/mol. The zero-order valence-electron chi connectivity index (χ0n) is 11.5. The Morgan fingerprint density at radius 3 is 2.75 bits per heavy atom. The molecule has 0 amide bonds. The molecule has 8 heteroatoms. The van der Waals surface area contributed by atoms with Crippen molar-refractivity contribution in [2.24, 2.45) is 0 Å². The number of nitrogens with one attached hydrogen (secondary N) is 1. The number of thiazole rings is 1. The van der Waals surface area contributed by atoms with Crippen LogP contribution in [-0.2, 0) is 16.6 Å². The topological polar surface area (TPSA) is 75.2 Å². The summed E-state index contributed by atoms with van der Waals surface area (Å²) in [5.74, 6) is 0. The summed E-state index contributed by atoms with van der Waals surface area (Å²) in [7, 11) is -0.422. The third-order valence-electron chi connectivity index (χ3n) is 2.91. The fraction of sp³-hybridized carbons (Fsp3) is 0.333. The second-order valence-corrected chi connectivity index (χ2v) is 7.13. The van der Waals surface area contributed by atoms with Crippen molar-refractivity contribution < 1.29 is 8.42 Å². The molecule has 2 aromatic heterocycles. The molecular weight excluding hydrogens is 296 g/mol. The second kappa shape index (κ2) is 5.86. The van der Waals surface area contributed by atoms with Crippen LogP contribution in [0.25, 0.3) is 0 Å². The van der Waals surface area contributed by atoms with Crippen LogP contribution in [0.5, 0.6) is 0 Å². The molecule has 108 valence electrons. The van der Waals surface area contributed by atoms with Gasteiger partial charge in [-0.25, -0.2) is 18.4 Å². The van der Waals surface area contributed by atoms with Gasteiger partial charge in [0, 0.05) is 31.7 Å². The molecule has 0 unspecified atom stereocenters. The van der Waals surface area contributed by atoms with Crippen LogP contribution in [0.15, 0.2) is 28.9 Å². The van der Waals surface area contributed by atoms with E-state index in [1.165, 1.54) is 21.8 Å². The van der Waals surface area contributed by atoms with Gasteiger partial charge in [0.05, 0.1) is 16.9 Å². The minimum atomic E-state index is -3.64. The van der Waals surface area contributed by atoms with Crippen LogP contribution in [0.4, 0.5) is 5.69 Å². The lowest BCUT2D eigenvalue weighted by atomic mass is 10.4. The Balaban J connectivity index is 2.32. The summed E-state index contributed by atoms with van der Waals surface area (Å²) in [4.78, 5) is 9.05. The van der Waals surface area contributed by atoms with Gasteiger partial charge in [-0.1, -0.05) is 0 Å². The maximum Gasteiger partial charge on any atom is 0.262 e. The van der Waals surface area contributed by atoms with Gasteiger partial charge in [-0.15, -0.1) is 11.3 Å². The van der Waals surface area contributed by atoms with Crippen molar-refractivity contribution in [2.75, 3.05) is 19.4 Å². The lowest BCUT2D eigenvalue weighted by Crippen LogP contribution is -2.27. The fourth-order valence-electron chi connectivity index (χ4n) is 1.70. The zero-order valence-corrected chi connectivity index (χ0v) is 13.1. The fourth-order valence-corrected chi connectivity index (χ4v) is 3.85. The standard InChI is InChI=1S/C12H16N4O2S2/c1-9-11(19-8-15-9)7-16(3)20(17,18)12-10(13-2)5-4-6-14-12/h4-6,8,13H,7H2,1-3H3. The van der Waals surface area contributed by atoms with E-state index in [1.807, 2.05) is 6.92 Å². The Morgan fingerprint density at radius 2 is 2.15 bits per heavy atom. The number of anilines is 1. The Morgan fingerprint density at radius 1 is 1.40 bits per heavy atom. The normalized spacial score (nSPS) is 11.8. The summed E-state index contributed by atoms with van der Waals surface area (Å²) in [6.07, 6.45) is 1.47. The highest BCUT2D eigenvalue weighted by atomic mass is 32.2. The summed E-state index contributed by atoms with van der Waals surface area (Å²) in [5, 5.41) is 2.88. The van der Waals surface area contributed by atoms with Crippen molar-refractivity contribution in [3.8, 4) is 0 Å². The van der Waals surface area contributed by atoms with Crippen LogP contribution in [0, 0.1) is 6.92 Å². The van der Waals surface area contributed by atoms with Gasteiger partial charge < -0.3 is 5.32 Å². The molecule has 1 N–H and O–H groups in total. The van der Waals surface area contributed by atoms with Crippen LogP contribution < -0.4 is 5.32 Å². The van der Waals surface area contributed by atoms with Gasteiger partial charge in [-0.2, -0.15) is 4.31 Å². The molecule has 0 fully saturated rings. The number of rotatable bonds is 5. The van der Waals surface area contributed by atoms with Gasteiger partial charge >= 0.3 is 0 Å². The number of aryl methyl sites for hydroxylation is 1. The minimum Gasteiger partial charge on any atom is -0.386 e. The molecule has 0 aliphatic rings. The first-order valence-electron chi connectivity index (χ1n) is 5.95. The summed E-state index contributed by atoms with van der Waals surface area (Å²) in [5.41, 5.74) is 3.05. The number of aromatic nitrogens is 2. The van der Waals surface area contributed by atoms with E-state index in [9.17, 15) is 8.42 Å². The first kappa shape index (κ1) is 14.9. The predicted molar refractivity (Wildman–Crippen MR) is 79.3 cm³/mol. The SMILES string of the molecule is CNc1cccnc1S(=O)(=O)N(C)Cc1scnc1C. The summed E-state index contributed by atoms with van der Waals surface area (Å²) in [6.45, 7) is 2.16. The van der Waals surface area contributed by atoms with E-state index in [4.69, 9.17) is 0 Å². The van der Waals surface area contributed by atoms with Crippen LogP contribution in [0.1, 0.15) is 10.6 Å². The van der Waals surface area contributed by atoms with E-state index < -0.39 is 10.0 Å². The van der Waals surface area contributed by atoms with E-state index in [2.05, 4.69) is 15.3 Å². The predicted octanol–water partition coefficient (Wildman–Crippen LogP) is 1.71. The largest absolute Gasteiger partial charge is 0.386 e. The van der Waals surface area contributed by atoms with Crippen molar-refractivity contribution in [1.29, 1.82) is 0 Å². The summed E-state index contributed by atoms with van der Waals surface area (Å²) < 4.78 is 26.4. The number of nitrogens with zero attached hydrogens (tertiary/aromatic N) is 3. The molecule has 0 aliphatic carbocycles. The van der Waals surface area contributed by atoms with Gasteiger partial charge in [0.2, 0.25) is 0 Å². The molecule has 2 heterocycles. The molecule has 6 nitrogen and oxygen atoms in total. The molecule has 0 spiro atoms. The molecular formula is C12H16N4O2S2. The number of sulfonamides is 1. The lowest BCUT2D eigenvalue weighted by molar-refractivity contribution is 0.466. The zero-order chi connectivity index (χ0) is 14.8. The van der Waals surface area contributed by atoms with Crippen LogP contribution in [-0.4, -0.2) is 36.8 Å². The second-order valence-electron chi connectivity index (χ2n) is 4.23. The average Bonchev–Trinajstić information content (AvgIpc) is 2.84. The molecule has 0 aliphatic heterocycles. The molecule has 0 saturated carbocycles. The van der Waals surface area contributed by atoms with E-state index in [0.717, 1.165) is 10.6 Å². The van der Waals surface area contributed by atoms with E-state index in [0.29, 0.717) is 12.2 Å². The Hall–Kier alpha value is -1.51. The van der Waals surface area contributed by atoms with Crippen molar-refractivity contribution in [1.82, 2.24) is 14.3 Å². The Bertz CT molecular complexity index is 697. The van der Waals surface area contributed by atoms with Gasteiger partial charge in [0.15, 0.2) is 5.03 Å².